The van der Waals surface area contributed by atoms with Gasteiger partial charge in [-0.05, 0) is 0 Å². The zero-order valence-corrected chi connectivity index (χ0v) is 24.7. The van der Waals surface area contributed by atoms with Crippen molar-refractivity contribution < 1.29 is 62.2 Å². The summed E-state index contributed by atoms with van der Waals surface area (Å²) in [7, 11) is -10.2. The molecule has 26 heteroatoms. The smallest absolute Gasteiger partial charge is 0.387 e. The largest absolute Gasteiger partial charge is 0.472 e. The molecule has 0 bridgehead atoms. The minimum absolute atomic E-state index is 0.0253. The third-order valence-corrected chi connectivity index (χ3v) is 8.57. The highest BCUT2D eigenvalue weighted by Crippen LogP contribution is 2.50. The summed E-state index contributed by atoms with van der Waals surface area (Å²) in [5.74, 6) is -0.278. The minimum Gasteiger partial charge on any atom is -0.387 e. The van der Waals surface area contributed by atoms with Gasteiger partial charge >= 0.3 is 15.6 Å². The van der Waals surface area contributed by atoms with E-state index in [1.54, 1.807) is 0 Å². The summed E-state index contributed by atoms with van der Waals surface area (Å²) < 4.78 is 52.7. The number of hydrogen-bond acceptors (Lipinski definition) is 18. The number of nitrogen functional groups attached to an aromatic ring is 2. The highest BCUT2D eigenvalue weighted by molar-refractivity contribution is 7.47. The van der Waals surface area contributed by atoms with Crippen LogP contribution in [0.5, 0.6) is 0 Å². The lowest BCUT2D eigenvalue weighted by Crippen LogP contribution is -2.36. The first kappa shape index (κ1) is 32.5. The molecular formula is C20H26N10O14P2. The van der Waals surface area contributed by atoms with E-state index in [2.05, 4.69) is 34.4 Å². The Balaban J connectivity index is 1.20. The normalized spacial score (nSPS) is 30.0. The molecule has 11 N–H and O–H groups in total. The van der Waals surface area contributed by atoms with Gasteiger partial charge in [-0.3, -0.25) is 32.5 Å². The Labute approximate surface area is 254 Å². The number of aliphatic hydroxyl groups excluding tert-OH is 3. The average molecular weight is 692 g/mol. The number of aliphatic hydroxyl groups is 3. The van der Waals surface area contributed by atoms with Crippen LogP contribution in [0.25, 0.3) is 22.3 Å². The lowest BCUT2D eigenvalue weighted by Gasteiger charge is -2.25. The van der Waals surface area contributed by atoms with Crippen LogP contribution in [0.4, 0.5) is 11.8 Å². The molecule has 2 fully saturated rings. The Morgan fingerprint density at radius 2 is 1.48 bits per heavy atom. The number of fused-ring (bicyclic) bond motifs is 2. The Bertz CT molecular complexity index is 1910. The van der Waals surface area contributed by atoms with Gasteiger partial charge in [0.2, 0.25) is 5.95 Å². The van der Waals surface area contributed by atoms with E-state index in [4.69, 9.17) is 39.8 Å². The van der Waals surface area contributed by atoms with Crippen LogP contribution >= 0.6 is 15.6 Å². The van der Waals surface area contributed by atoms with Crippen molar-refractivity contribution in [2.45, 2.75) is 49.1 Å². The van der Waals surface area contributed by atoms with Gasteiger partial charge in [0.25, 0.3) is 5.56 Å². The van der Waals surface area contributed by atoms with Gasteiger partial charge < -0.3 is 50.9 Å². The third kappa shape index (κ3) is 6.14. The summed E-state index contributed by atoms with van der Waals surface area (Å²) in [6.07, 6.45) is -9.41. The number of aromatic nitrogens is 8. The average Bonchev–Trinajstić information content (AvgIpc) is 3.73. The molecule has 0 saturated carbocycles. The molecule has 4 aromatic rings. The summed E-state index contributed by atoms with van der Waals surface area (Å²) >= 11 is 0. The molecular weight excluding hydrogens is 666 g/mol. The SMILES string of the molecule is Nc1nc2c(ncn2C2OC(COP(=O)(O)OC3C(O)C(COP(=O)(O)O)OC3n3cnc4c(N)ncnc43)C(O)C2O)c(=O)[nH]1. The van der Waals surface area contributed by atoms with Crippen LogP contribution in [0.2, 0.25) is 0 Å². The Morgan fingerprint density at radius 1 is 0.848 bits per heavy atom. The first-order valence-corrected chi connectivity index (χ1v) is 16.0. The molecule has 24 nitrogen and oxygen atoms in total. The third-order valence-electron chi connectivity index (χ3n) is 7.10. The van der Waals surface area contributed by atoms with Crippen LogP contribution < -0.4 is 17.0 Å². The van der Waals surface area contributed by atoms with E-state index in [0.29, 0.717) is 0 Å². The van der Waals surface area contributed by atoms with Gasteiger partial charge in [-0.1, -0.05) is 0 Å². The molecule has 2 aliphatic rings. The molecule has 6 rings (SSSR count). The number of anilines is 2. The maximum atomic E-state index is 13.1. The number of rotatable bonds is 10. The lowest BCUT2D eigenvalue weighted by atomic mass is 10.1. The van der Waals surface area contributed by atoms with E-state index in [9.17, 15) is 34.1 Å². The number of phosphoric acid groups is 2. The van der Waals surface area contributed by atoms with Gasteiger partial charge in [0.15, 0.2) is 35.1 Å². The summed E-state index contributed by atoms with van der Waals surface area (Å²) in [5.41, 5.74) is 10.7. The number of imidazole rings is 2. The zero-order valence-electron chi connectivity index (χ0n) is 22.9. The molecule has 2 saturated heterocycles. The van der Waals surface area contributed by atoms with E-state index in [1.807, 2.05) is 0 Å². The van der Waals surface area contributed by atoms with Gasteiger partial charge in [-0.25, -0.2) is 29.1 Å². The molecule has 4 aromatic heterocycles. The van der Waals surface area contributed by atoms with Crippen molar-refractivity contribution in [3.05, 3.63) is 29.3 Å². The lowest BCUT2D eigenvalue weighted by molar-refractivity contribution is -0.0613. The maximum Gasteiger partial charge on any atom is 0.472 e. The first-order chi connectivity index (χ1) is 21.6. The van der Waals surface area contributed by atoms with Crippen LogP contribution in [-0.2, 0) is 32.2 Å². The fourth-order valence-electron chi connectivity index (χ4n) is 5.00. The van der Waals surface area contributed by atoms with Crippen LogP contribution in [-0.4, -0.2) is 119 Å². The standard InChI is InChI=1S/C20H26N10O14P2/c21-14-8-15(24-3-23-14)29(4-25-8)19-13(11(32)7(43-19)1-40-45(35,36)37)44-46(38,39)41-2-6-10(31)12(33)18(42-6)30-5-26-9-16(30)27-20(22)28-17(9)34/h3-7,10-13,18-19,31-33H,1-2H2,(H,38,39)(H2,21,23,24)(H2,35,36,37)(H3,22,27,28,34). The summed E-state index contributed by atoms with van der Waals surface area (Å²) in [5, 5.41) is 32.2. The number of nitrogens with two attached hydrogens (primary N) is 2. The van der Waals surface area contributed by atoms with Crippen molar-refractivity contribution in [1.29, 1.82) is 0 Å². The number of nitrogens with one attached hydrogen (secondary N) is 1. The summed E-state index contributed by atoms with van der Waals surface area (Å²) in [6, 6.07) is 0. The maximum absolute atomic E-state index is 13.1. The number of phosphoric ester groups is 2. The predicted molar refractivity (Wildman–Crippen MR) is 147 cm³/mol. The van der Waals surface area contributed by atoms with E-state index in [1.165, 1.54) is 4.57 Å². The summed E-state index contributed by atoms with van der Waals surface area (Å²) in [4.78, 5) is 63.0. The molecule has 0 radical (unpaired) electrons. The molecule has 0 spiro atoms. The van der Waals surface area contributed by atoms with E-state index in [0.717, 1.165) is 23.5 Å². The second-order valence-corrected chi connectivity index (χ2v) is 12.7. The number of aromatic amines is 1. The molecule has 0 aromatic carbocycles. The van der Waals surface area contributed by atoms with Crippen LogP contribution in [0.15, 0.2) is 23.8 Å². The van der Waals surface area contributed by atoms with Crippen molar-refractivity contribution in [1.82, 2.24) is 39.0 Å². The highest BCUT2D eigenvalue weighted by Gasteiger charge is 2.51. The second kappa shape index (κ2) is 12.0. The van der Waals surface area contributed by atoms with Gasteiger partial charge in [0.1, 0.15) is 48.5 Å². The topological polar surface area (TPSA) is 361 Å². The molecule has 6 heterocycles. The molecule has 0 amide bonds. The molecule has 0 aliphatic carbocycles. The number of H-pyrrole nitrogens is 1. The van der Waals surface area contributed by atoms with Crippen molar-refractivity contribution >= 4 is 49.7 Å². The van der Waals surface area contributed by atoms with Crippen molar-refractivity contribution in [2.75, 3.05) is 24.7 Å². The predicted octanol–water partition coefficient (Wildman–Crippen LogP) is -3.39. The molecule has 250 valence electrons. The van der Waals surface area contributed by atoms with Crippen molar-refractivity contribution in [2.24, 2.45) is 0 Å². The van der Waals surface area contributed by atoms with E-state index >= 15 is 0 Å². The Kier molecular flexibility index (Phi) is 8.43. The number of ether oxygens (including phenoxy) is 2. The van der Waals surface area contributed by atoms with Gasteiger partial charge in [0.05, 0.1) is 25.9 Å². The van der Waals surface area contributed by atoms with Gasteiger partial charge in [-0.15, -0.1) is 0 Å². The van der Waals surface area contributed by atoms with Gasteiger partial charge in [-0.2, -0.15) is 4.98 Å². The van der Waals surface area contributed by atoms with Gasteiger partial charge in [0, 0.05) is 0 Å². The first-order valence-electron chi connectivity index (χ1n) is 13.0. The molecule has 2 aliphatic heterocycles. The fourth-order valence-corrected chi connectivity index (χ4v) is 6.27. The van der Waals surface area contributed by atoms with Crippen LogP contribution in [0, 0.1) is 0 Å². The molecule has 9 atom stereocenters. The van der Waals surface area contributed by atoms with Crippen LogP contribution in [0.3, 0.4) is 0 Å². The quantitative estimate of drug-likeness (QED) is 0.0731. The highest BCUT2D eigenvalue weighted by atomic mass is 31.2. The van der Waals surface area contributed by atoms with E-state index in [-0.39, 0.29) is 34.1 Å². The minimum atomic E-state index is -5.19. The molecule has 9 unspecified atom stereocenters. The Morgan fingerprint density at radius 3 is 2.20 bits per heavy atom. The zero-order chi connectivity index (χ0) is 33.1. The monoisotopic (exact) mass is 692 g/mol. The molecule has 46 heavy (non-hydrogen) atoms. The van der Waals surface area contributed by atoms with Crippen molar-refractivity contribution in [3.63, 3.8) is 0 Å². The van der Waals surface area contributed by atoms with E-state index < -0.39 is 83.5 Å². The Hall–Kier alpha value is -3.48. The second-order valence-electron chi connectivity index (χ2n) is 10.1. The van der Waals surface area contributed by atoms with Crippen molar-refractivity contribution in [3.8, 4) is 0 Å². The fraction of sp³-hybridized carbons (Fsp3) is 0.500. The van der Waals surface area contributed by atoms with Crippen LogP contribution in [0.1, 0.15) is 12.5 Å². The number of nitrogens with zero attached hydrogens (tertiary/aromatic N) is 7. The summed E-state index contributed by atoms with van der Waals surface area (Å²) in [6.45, 7) is -1.71. The number of hydrogen-bond donors (Lipinski definition) is 9.